The first-order valence-corrected chi connectivity index (χ1v) is 11.1. The number of aliphatic hydroxyl groups excluding tert-OH is 1. The van der Waals surface area contributed by atoms with E-state index in [0.29, 0.717) is 18.0 Å². The van der Waals surface area contributed by atoms with Crippen molar-refractivity contribution in [3.8, 4) is 0 Å². The fourth-order valence-corrected chi connectivity index (χ4v) is 4.47. The first kappa shape index (κ1) is 22.2. The first-order chi connectivity index (χ1) is 14.2. The van der Waals surface area contributed by atoms with E-state index in [1.165, 1.54) is 36.1 Å². The molecular weight excluding hydrogens is 432 g/mol. The number of aliphatic hydroxyl groups is 1. The summed E-state index contributed by atoms with van der Waals surface area (Å²) in [5.74, 6) is -1.48. The summed E-state index contributed by atoms with van der Waals surface area (Å²) in [4.78, 5) is 26.3. The van der Waals surface area contributed by atoms with E-state index in [-0.39, 0.29) is 4.90 Å². The van der Waals surface area contributed by atoms with Crippen LogP contribution in [0.15, 0.2) is 53.4 Å². The number of carbonyl (C=O) groups is 2. The molecule has 0 aliphatic carbocycles. The van der Waals surface area contributed by atoms with Crippen LogP contribution in [0.3, 0.4) is 0 Å². The van der Waals surface area contributed by atoms with Gasteiger partial charge in [0.1, 0.15) is 6.04 Å². The van der Waals surface area contributed by atoms with E-state index in [9.17, 15) is 23.1 Å². The zero-order chi connectivity index (χ0) is 21.9. The summed E-state index contributed by atoms with van der Waals surface area (Å²) < 4.78 is 32.1. The zero-order valence-corrected chi connectivity index (χ0v) is 17.7. The molecule has 0 fully saturated rings. The van der Waals surface area contributed by atoms with Crippen LogP contribution in [-0.2, 0) is 30.8 Å². The number of anilines is 1. The van der Waals surface area contributed by atoms with Gasteiger partial charge >= 0.3 is 5.97 Å². The number of nitrogens with zero attached hydrogens (tertiary/aromatic N) is 1. The maximum Gasteiger partial charge on any atom is 0.327 e. The predicted molar refractivity (Wildman–Crippen MR) is 111 cm³/mol. The Bertz CT molecular complexity index is 1040. The summed E-state index contributed by atoms with van der Waals surface area (Å²) >= 11 is 5.76. The third kappa shape index (κ3) is 4.99. The lowest BCUT2D eigenvalue weighted by Gasteiger charge is -2.21. The fourth-order valence-electron chi connectivity index (χ4n) is 3.09. The molecule has 0 unspecified atom stereocenters. The number of ether oxygens (including phenoxy) is 1. The Kier molecular flexibility index (Phi) is 6.77. The summed E-state index contributed by atoms with van der Waals surface area (Å²) in [6.45, 7) is 1.15. The Morgan fingerprint density at radius 1 is 1.20 bits per heavy atom. The molecule has 1 aliphatic rings. The highest BCUT2D eigenvalue weighted by atomic mass is 35.5. The minimum absolute atomic E-state index is 0.130. The molecule has 10 heteroatoms. The Morgan fingerprint density at radius 2 is 1.87 bits per heavy atom. The average molecular weight is 453 g/mol. The van der Waals surface area contributed by atoms with Gasteiger partial charge in [0, 0.05) is 17.3 Å². The maximum absolute atomic E-state index is 12.5. The number of nitrogens with one attached hydrogen (secondary N) is 1. The van der Waals surface area contributed by atoms with Crippen molar-refractivity contribution in [3.05, 3.63) is 59.1 Å². The van der Waals surface area contributed by atoms with E-state index >= 15 is 0 Å². The summed E-state index contributed by atoms with van der Waals surface area (Å²) in [5, 5.41) is 10.2. The van der Waals surface area contributed by atoms with E-state index in [4.69, 9.17) is 16.3 Å². The van der Waals surface area contributed by atoms with Crippen LogP contribution in [0.4, 0.5) is 5.69 Å². The molecule has 2 aromatic carbocycles. The normalized spacial score (nSPS) is 15.4. The van der Waals surface area contributed by atoms with Crippen LogP contribution in [0.1, 0.15) is 12.5 Å². The third-order valence-electron chi connectivity index (χ3n) is 4.67. The molecule has 2 atom stereocenters. The molecular formula is C20H21ClN2O6S. The van der Waals surface area contributed by atoms with Crippen LogP contribution < -0.4 is 9.62 Å². The number of esters is 1. The van der Waals surface area contributed by atoms with Gasteiger partial charge in [-0.05, 0) is 49.2 Å². The number of amides is 1. The van der Waals surface area contributed by atoms with Gasteiger partial charge in [0.2, 0.25) is 10.0 Å². The molecule has 3 rings (SSSR count). The number of halogens is 1. The van der Waals surface area contributed by atoms with Crippen molar-refractivity contribution in [2.45, 2.75) is 30.4 Å². The Morgan fingerprint density at radius 3 is 2.53 bits per heavy atom. The van der Waals surface area contributed by atoms with E-state index in [1.54, 1.807) is 6.07 Å². The smallest absolute Gasteiger partial charge is 0.327 e. The Labute approximate surface area is 179 Å². The minimum Gasteiger partial charge on any atom is -0.454 e. The van der Waals surface area contributed by atoms with Gasteiger partial charge in [0.25, 0.3) is 5.91 Å². The molecule has 8 nitrogen and oxygen atoms in total. The highest BCUT2D eigenvalue weighted by Gasteiger charge is 2.32. The second kappa shape index (κ2) is 9.13. The lowest BCUT2D eigenvalue weighted by Crippen LogP contribution is -2.49. The lowest BCUT2D eigenvalue weighted by molar-refractivity contribution is -0.151. The van der Waals surface area contributed by atoms with E-state index < -0.39 is 40.7 Å². The van der Waals surface area contributed by atoms with Crippen molar-refractivity contribution in [2.75, 3.05) is 18.1 Å². The van der Waals surface area contributed by atoms with Gasteiger partial charge in [-0.25, -0.2) is 8.42 Å². The van der Waals surface area contributed by atoms with E-state index in [1.807, 2.05) is 18.2 Å². The molecule has 1 aliphatic heterocycles. The van der Waals surface area contributed by atoms with Crippen molar-refractivity contribution in [3.63, 3.8) is 0 Å². The average Bonchev–Trinajstić information content (AvgIpc) is 3.14. The monoisotopic (exact) mass is 452 g/mol. The summed E-state index contributed by atoms with van der Waals surface area (Å²) in [7, 11) is -4.13. The fraction of sp³-hybridized carbons (Fsp3) is 0.300. The second-order valence-corrected chi connectivity index (χ2v) is 8.98. The molecule has 30 heavy (non-hydrogen) atoms. The number of rotatable bonds is 7. The van der Waals surface area contributed by atoms with Crippen LogP contribution in [0.25, 0.3) is 0 Å². The van der Waals surface area contributed by atoms with Crippen molar-refractivity contribution < 1.29 is 27.9 Å². The molecule has 0 saturated carbocycles. The van der Waals surface area contributed by atoms with Crippen molar-refractivity contribution in [1.82, 2.24) is 4.72 Å². The topological polar surface area (TPSA) is 113 Å². The number of hydrogen-bond donors (Lipinski definition) is 2. The van der Waals surface area contributed by atoms with Gasteiger partial charge in [0.05, 0.1) is 11.0 Å². The van der Waals surface area contributed by atoms with E-state index in [0.717, 1.165) is 11.3 Å². The van der Waals surface area contributed by atoms with E-state index in [2.05, 4.69) is 4.72 Å². The van der Waals surface area contributed by atoms with Crippen LogP contribution in [-0.4, -0.2) is 50.7 Å². The van der Waals surface area contributed by atoms with Crippen molar-refractivity contribution >= 4 is 39.2 Å². The number of fused-ring (bicyclic) bond motifs is 1. The SMILES string of the molecule is C[C@H](O)[C@H](NS(=O)(=O)c1ccc(Cl)cc1)C(=O)OCC(=O)N1CCc2ccccc21. The summed E-state index contributed by atoms with van der Waals surface area (Å²) in [5.41, 5.74) is 1.78. The third-order valence-corrected chi connectivity index (χ3v) is 6.38. The highest BCUT2D eigenvalue weighted by molar-refractivity contribution is 7.89. The zero-order valence-electron chi connectivity index (χ0n) is 16.1. The first-order valence-electron chi connectivity index (χ1n) is 9.20. The van der Waals surface area contributed by atoms with Crippen LogP contribution in [0.5, 0.6) is 0 Å². The number of carbonyl (C=O) groups excluding carboxylic acids is 2. The molecule has 2 aromatic rings. The lowest BCUT2D eigenvalue weighted by atomic mass is 10.2. The highest BCUT2D eigenvalue weighted by Crippen LogP contribution is 2.27. The Hall–Kier alpha value is -2.46. The molecule has 0 aromatic heterocycles. The molecule has 0 radical (unpaired) electrons. The Balaban J connectivity index is 1.65. The van der Waals surface area contributed by atoms with Gasteiger partial charge < -0.3 is 14.7 Å². The number of para-hydroxylation sites is 1. The molecule has 160 valence electrons. The number of benzene rings is 2. The van der Waals surface area contributed by atoms with Crippen molar-refractivity contribution in [1.29, 1.82) is 0 Å². The van der Waals surface area contributed by atoms with Crippen molar-refractivity contribution in [2.24, 2.45) is 0 Å². The van der Waals surface area contributed by atoms with Gasteiger partial charge in [-0.3, -0.25) is 9.59 Å². The van der Waals surface area contributed by atoms with Crippen LogP contribution in [0, 0.1) is 0 Å². The van der Waals surface area contributed by atoms with Gasteiger partial charge in [-0.15, -0.1) is 0 Å². The molecule has 1 amide bonds. The summed E-state index contributed by atoms with van der Waals surface area (Å²) in [6.07, 6.45) is -0.685. The second-order valence-electron chi connectivity index (χ2n) is 6.83. The maximum atomic E-state index is 12.5. The quantitative estimate of drug-likeness (QED) is 0.615. The molecule has 0 saturated heterocycles. The van der Waals surface area contributed by atoms with Gasteiger partial charge in [-0.1, -0.05) is 29.8 Å². The van der Waals surface area contributed by atoms with Gasteiger partial charge in [0.15, 0.2) is 6.61 Å². The van der Waals surface area contributed by atoms with Crippen LogP contribution >= 0.6 is 11.6 Å². The predicted octanol–water partition coefficient (Wildman–Crippen LogP) is 1.50. The van der Waals surface area contributed by atoms with Gasteiger partial charge in [-0.2, -0.15) is 4.72 Å². The molecule has 2 N–H and O–H groups in total. The minimum atomic E-state index is -4.13. The number of hydrogen-bond acceptors (Lipinski definition) is 6. The summed E-state index contributed by atoms with van der Waals surface area (Å²) in [6, 6.07) is 11.1. The number of sulfonamides is 1. The molecule has 0 bridgehead atoms. The molecule has 0 spiro atoms. The standard InChI is InChI=1S/C20H21ClN2O6S/c1-13(24)19(22-30(27,28)16-8-6-15(21)7-9-16)20(26)29-12-18(25)23-11-10-14-4-2-3-5-17(14)23/h2-9,13,19,22,24H,10-12H2,1H3/t13-,19-/m0/s1. The molecule has 1 heterocycles. The van der Waals surface area contributed by atoms with Crippen LogP contribution in [0.2, 0.25) is 5.02 Å². The largest absolute Gasteiger partial charge is 0.454 e.